The molecule has 0 saturated carbocycles. The van der Waals surface area contributed by atoms with Gasteiger partial charge in [-0.2, -0.15) is 0 Å². The SMILES string of the molecule is CC(=O)N1CCN(C(=O)c2ccccc2Cl)CC1. The molecule has 0 unspecified atom stereocenters. The van der Waals surface area contributed by atoms with Crippen LogP contribution in [0.5, 0.6) is 0 Å². The highest BCUT2D eigenvalue weighted by Gasteiger charge is 2.24. The summed E-state index contributed by atoms with van der Waals surface area (Å²) in [4.78, 5) is 26.9. The highest BCUT2D eigenvalue weighted by molar-refractivity contribution is 6.33. The highest BCUT2D eigenvalue weighted by atomic mass is 35.5. The van der Waals surface area contributed by atoms with E-state index < -0.39 is 0 Å². The number of benzene rings is 1. The van der Waals surface area contributed by atoms with Crippen LogP contribution in [-0.4, -0.2) is 47.8 Å². The fourth-order valence-corrected chi connectivity index (χ4v) is 2.25. The summed E-state index contributed by atoms with van der Waals surface area (Å²) in [6.07, 6.45) is 0. The molecule has 0 bridgehead atoms. The molecule has 0 atom stereocenters. The van der Waals surface area contributed by atoms with Crippen LogP contribution in [0.4, 0.5) is 0 Å². The summed E-state index contributed by atoms with van der Waals surface area (Å²) in [5.74, 6) is -0.0105. The minimum atomic E-state index is -0.0659. The maximum Gasteiger partial charge on any atom is 0.255 e. The number of nitrogens with zero attached hydrogens (tertiary/aromatic N) is 2. The molecular formula is C13H15ClN2O2. The quantitative estimate of drug-likeness (QED) is 0.775. The summed E-state index contributed by atoms with van der Waals surface area (Å²) in [6, 6.07) is 7.03. The predicted octanol–water partition coefficient (Wildman–Crippen LogP) is 1.64. The van der Waals surface area contributed by atoms with E-state index in [9.17, 15) is 9.59 Å². The fraction of sp³-hybridized carbons (Fsp3) is 0.385. The van der Waals surface area contributed by atoms with Crippen LogP contribution in [0.15, 0.2) is 24.3 Å². The highest BCUT2D eigenvalue weighted by Crippen LogP contribution is 2.18. The topological polar surface area (TPSA) is 40.6 Å². The third kappa shape index (κ3) is 2.64. The fourth-order valence-electron chi connectivity index (χ4n) is 2.03. The maximum atomic E-state index is 12.2. The second kappa shape index (κ2) is 5.40. The van der Waals surface area contributed by atoms with Gasteiger partial charge in [-0.15, -0.1) is 0 Å². The molecule has 1 aromatic rings. The Kier molecular flexibility index (Phi) is 3.87. The zero-order valence-corrected chi connectivity index (χ0v) is 11.0. The van der Waals surface area contributed by atoms with E-state index in [0.29, 0.717) is 36.8 Å². The van der Waals surface area contributed by atoms with Gasteiger partial charge in [-0.25, -0.2) is 0 Å². The van der Waals surface area contributed by atoms with Crippen LogP contribution < -0.4 is 0 Å². The lowest BCUT2D eigenvalue weighted by molar-refractivity contribution is -0.130. The monoisotopic (exact) mass is 266 g/mol. The van der Waals surface area contributed by atoms with Gasteiger partial charge in [0.15, 0.2) is 0 Å². The minimum absolute atomic E-state index is 0.0554. The van der Waals surface area contributed by atoms with Crippen LogP contribution in [-0.2, 0) is 4.79 Å². The van der Waals surface area contributed by atoms with Crippen molar-refractivity contribution in [2.75, 3.05) is 26.2 Å². The van der Waals surface area contributed by atoms with Gasteiger partial charge in [-0.05, 0) is 12.1 Å². The van der Waals surface area contributed by atoms with Crippen LogP contribution in [0, 0.1) is 0 Å². The van der Waals surface area contributed by atoms with E-state index in [-0.39, 0.29) is 11.8 Å². The molecule has 1 fully saturated rings. The molecule has 4 nitrogen and oxygen atoms in total. The van der Waals surface area contributed by atoms with Gasteiger partial charge in [0.05, 0.1) is 10.6 Å². The molecule has 0 aliphatic carbocycles. The second-order valence-corrected chi connectivity index (χ2v) is 4.69. The number of carbonyl (C=O) groups is 2. The number of hydrogen-bond acceptors (Lipinski definition) is 2. The molecule has 1 aliphatic rings. The molecule has 2 rings (SSSR count). The van der Waals surface area contributed by atoms with Gasteiger partial charge in [0.1, 0.15) is 0 Å². The van der Waals surface area contributed by atoms with Gasteiger partial charge in [0, 0.05) is 33.1 Å². The number of carbonyl (C=O) groups excluding carboxylic acids is 2. The first-order valence-electron chi connectivity index (χ1n) is 5.89. The van der Waals surface area contributed by atoms with Crippen molar-refractivity contribution in [3.8, 4) is 0 Å². The molecule has 1 aliphatic heterocycles. The van der Waals surface area contributed by atoms with Crippen molar-refractivity contribution in [3.63, 3.8) is 0 Å². The molecule has 0 radical (unpaired) electrons. The maximum absolute atomic E-state index is 12.2. The van der Waals surface area contributed by atoms with Crippen molar-refractivity contribution in [1.29, 1.82) is 0 Å². The standard InChI is InChI=1S/C13H15ClN2O2/c1-10(17)15-6-8-16(9-7-15)13(18)11-4-2-3-5-12(11)14/h2-5H,6-9H2,1H3. The van der Waals surface area contributed by atoms with Crippen LogP contribution >= 0.6 is 11.6 Å². The number of hydrogen-bond donors (Lipinski definition) is 0. The number of rotatable bonds is 1. The number of piperazine rings is 1. The van der Waals surface area contributed by atoms with E-state index in [1.165, 1.54) is 0 Å². The number of halogens is 1. The van der Waals surface area contributed by atoms with E-state index in [0.717, 1.165) is 0 Å². The molecule has 1 heterocycles. The molecule has 0 N–H and O–H groups in total. The molecule has 5 heteroatoms. The second-order valence-electron chi connectivity index (χ2n) is 4.28. The van der Waals surface area contributed by atoms with E-state index >= 15 is 0 Å². The molecule has 0 aromatic heterocycles. The average Bonchev–Trinajstić information content (AvgIpc) is 2.38. The molecule has 96 valence electrons. The van der Waals surface area contributed by atoms with Gasteiger partial charge in [-0.3, -0.25) is 9.59 Å². The Hall–Kier alpha value is -1.55. The van der Waals surface area contributed by atoms with Crippen LogP contribution in [0.3, 0.4) is 0 Å². The Morgan fingerprint density at radius 2 is 1.61 bits per heavy atom. The Morgan fingerprint density at radius 3 is 2.17 bits per heavy atom. The van der Waals surface area contributed by atoms with E-state index in [4.69, 9.17) is 11.6 Å². The largest absolute Gasteiger partial charge is 0.339 e. The first-order chi connectivity index (χ1) is 8.59. The summed E-state index contributed by atoms with van der Waals surface area (Å²) in [5, 5.41) is 0.469. The van der Waals surface area contributed by atoms with Gasteiger partial charge in [0.25, 0.3) is 5.91 Å². The summed E-state index contributed by atoms with van der Waals surface area (Å²) in [5.41, 5.74) is 0.524. The summed E-state index contributed by atoms with van der Waals surface area (Å²) in [7, 11) is 0. The molecule has 1 saturated heterocycles. The van der Waals surface area contributed by atoms with Crippen molar-refractivity contribution in [2.24, 2.45) is 0 Å². The zero-order chi connectivity index (χ0) is 13.1. The van der Waals surface area contributed by atoms with Gasteiger partial charge >= 0.3 is 0 Å². The lowest BCUT2D eigenvalue weighted by Gasteiger charge is -2.34. The van der Waals surface area contributed by atoms with Crippen molar-refractivity contribution in [1.82, 2.24) is 9.80 Å². The molecule has 0 spiro atoms. The summed E-state index contributed by atoms with van der Waals surface area (Å²) in [6.45, 7) is 3.84. The summed E-state index contributed by atoms with van der Waals surface area (Å²) >= 11 is 6.01. The summed E-state index contributed by atoms with van der Waals surface area (Å²) < 4.78 is 0. The van der Waals surface area contributed by atoms with Crippen LogP contribution in [0.25, 0.3) is 0 Å². The third-order valence-electron chi connectivity index (χ3n) is 3.12. The van der Waals surface area contributed by atoms with Gasteiger partial charge in [0.2, 0.25) is 5.91 Å². The third-order valence-corrected chi connectivity index (χ3v) is 3.45. The van der Waals surface area contributed by atoms with Crippen molar-refractivity contribution >= 4 is 23.4 Å². The Morgan fingerprint density at radius 1 is 1.06 bits per heavy atom. The smallest absolute Gasteiger partial charge is 0.255 e. The molecular weight excluding hydrogens is 252 g/mol. The normalized spacial score (nSPS) is 15.7. The van der Waals surface area contributed by atoms with Crippen LogP contribution in [0.2, 0.25) is 5.02 Å². The van der Waals surface area contributed by atoms with Crippen molar-refractivity contribution in [2.45, 2.75) is 6.92 Å². The Labute approximate surface area is 111 Å². The molecule has 2 amide bonds. The van der Waals surface area contributed by atoms with Crippen molar-refractivity contribution in [3.05, 3.63) is 34.9 Å². The minimum Gasteiger partial charge on any atom is -0.339 e. The van der Waals surface area contributed by atoms with Gasteiger partial charge < -0.3 is 9.80 Å². The average molecular weight is 267 g/mol. The Bertz CT molecular complexity index is 468. The first-order valence-corrected chi connectivity index (χ1v) is 6.26. The van der Waals surface area contributed by atoms with Crippen LogP contribution in [0.1, 0.15) is 17.3 Å². The van der Waals surface area contributed by atoms with E-state index in [2.05, 4.69) is 0 Å². The molecule has 1 aromatic carbocycles. The van der Waals surface area contributed by atoms with E-state index in [1.807, 2.05) is 0 Å². The first kappa shape index (κ1) is 12.9. The Balaban J connectivity index is 2.04. The molecule has 18 heavy (non-hydrogen) atoms. The zero-order valence-electron chi connectivity index (χ0n) is 10.2. The van der Waals surface area contributed by atoms with E-state index in [1.54, 1.807) is 41.0 Å². The predicted molar refractivity (Wildman–Crippen MR) is 69.6 cm³/mol. The van der Waals surface area contributed by atoms with Gasteiger partial charge in [-0.1, -0.05) is 23.7 Å². The number of amides is 2. The van der Waals surface area contributed by atoms with Crippen molar-refractivity contribution < 1.29 is 9.59 Å². The lowest BCUT2D eigenvalue weighted by atomic mass is 10.2. The lowest BCUT2D eigenvalue weighted by Crippen LogP contribution is -2.50.